The zero-order valence-corrected chi connectivity index (χ0v) is 8.80. The standard InChI is InChI=1S/C12H17FN2/c13-10-4-5-11(9(7-10)8-14)12-3-1-2-6-15-12/h4-5,7,12,15H,1-3,6,8,14H2. The summed E-state index contributed by atoms with van der Waals surface area (Å²) < 4.78 is 13.0. The van der Waals surface area contributed by atoms with Gasteiger partial charge in [-0.1, -0.05) is 12.5 Å². The first-order chi connectivity index (χ1) is 7.31. The second-order valence-corrected chi connectivity index (χ2v) is 4.05. The van der Waals surface area contributed by atoms with Crippen molar-refractivity contribution in [2.24, 2.45) is 5.73 Å². The second-order valence-electron chi connectivity index (χ2n) is 4.05. The molecule has 2 nitrogen and oxygen atoms in total. The average molecular weight is 208 g/mol. The minimum atomic E-state index is -0.199. The molecule has 1 aromatic carbocycles. The van der Waals surface area contributed by atoms with Crippen LogP contribution in [0.4, 0.5) is 4.39 Å². The van der Waals surface area contributed by atoms with Crippen LogP contribution in [0.25, 0.3) is 0 Å². The van der Waals surface area contributed by atoms with Crippen LogP contribution in [0.2, 0.25) is 0 Å². The van der Waals surface area contributed by atoms with E-state index in [0.29, 0.717) is 12.6 Å². The molecule has 15 heavy (non-hydrogen) atoms. The summed E-state index contributed by atoms with van der Waals surface area (Å²) in [5.41, 5.74) is 7.72. The lowest BCUT2D eigenvalue weighted by Crippen LogP contribution is -2.28. The van der Waals surface area contributed by atoms with E-state index in [9.17, 15) is 4.39 Å². The summed E-state index contributed by atoms with van der Waals surface area (Å²) in [4.78, 5) is 0. The van der Waals surface area contributed by atoms with Crippen LogP contribution in [0, 0.1) is 5.82 Å². The van der Waals surface area contributed by atoms with Crippen LogP contribution < -0.4 is 11.1 Å². The van der Waals surface area contributed by atoms with Gasteiger partial charge < -0.3 is 11.1 Å². The van der Waals surface area contributed by atoms with Crippen LogP contribution in [-0.2, 0) is 6.54 Å². The van der Waals surface area contributed by atoms with Crippen molar-refractivity contribution in [1.29, 1.82) is 0 Å². The van der Waals surface area contributed by atoms with Gasteiger partial charge in [-0.2, -0.15) is 0 Å². The molecule has 1 saturated heterocycles. The molecule has 82 valence electrons. The Kier molecular flexibility index (Phi) is 3.34. The van der Waals surface area contributed by atoms with Crippen LogP contribution in [0.5, 0.6) is 0 Å². The normalized spacial score (nSPS) is 21.6. The van der Waals surface area contributed by atoms with Crippen molar-refractivity contribution in [2.75, 3.05) is 6.54 Å². The first-order valence-corrected chi connectivity index (χ1v) is 5.53. The van der Waals surface area contributed by atoms with Crippen molar-refractivity contribution in [2.45, 2.75) is 31.8 Å². The first kappa shape index (κ1) is 10.6. The quantitative estimate of drug-likeness (QED) is 0.781. The van der Waals surface area contributed by atoms with Gasteiger partial charge in [0, 0.05) is 12.6 Å². The summed E-state index contributed by atoms with van der Waals surface area (Å²) in [5, 5.41) is 3.45. The van der Waals surface area contributed by atoms with Gasteiger partial charge in [0.25, 0.3) is 0 Å². The highest BCUT2D eigenvalue weighted by Crippen LogP contribution is 2.26. The van der Waals surface area contributed by atoms with Crippen molar-refractivity contribution >= 4 is 0 Å². The fourth-order valence-corrected chi connectivity index (χ4v) is 2.21. The van der Waals surface area contributed by atoms with Crippen LogP contribution >= 0.6 is 0 Å². The van der Waals surface area contributed by atoms with Gasteiger partial charge in [0.1, 0.15) is 5.82 Å². The zero-order chi connectivity index (χ0) is 10.7. The Hall–Kier alpha value is -0.930. The maximum atomic E-state index is 13.0. The summed E-state index contributed by atoms with van der Waals surface area (Å²) in [6.07, 6.45) is 3.59. The smallest absolute Gasteiger partial charge is 0.123 e. The van der Waals surface area contributed by atoms with Crippen LogP contribution in [0.15, 0.2) is 18.2 Å². The highest BCUT2D eigenvalue weighted by atomic mass is 19.1. The molecule has 3 heteroatoms. The molecule has 3 N–H and O–H groups in total. The van der Waals surface area contributed by atoms with Crippen molar-refractivity contribution in [3.8, 4) is 0 Å². The molecular formula is C12H17FN2. The number of halogens is 1. The molecule has 1 fully saturated rings. The summed E-state index contributed by atoms with van der Waals surface area (Å²) in [5.74, 6) is -0.199. The third-order valence-corrected chi connectivity index (χ3v) is 3.01. The molecule has 1 aliphatic rings. The second kappa shape index (κ2) is 4.73. The third kappa shape index (κ3) is 2.36. The van der Waals surface area contributed by atoms with Gasteiger partial charge in [-0.15, -0.1) is 0 Å². The number of hydrogen-bond acceptors (Lipinski definition) is 2. The zero-order valence-electron chi connectivity index (χ0n) is 8.80. The lowest BCUT2D eigenvalue weighted by molar-refractivity contribution is 0.410. The Bertz CT molecular complexity index is 332. The lowest BCUT2D eigenvalue weighted by atomic mass is 9.93. The fraction of sp³-hybridized carbons (Fsp3) is 0.500. The predicted octanol–water partition coefficient (Wildman–Crippen LogP) is 2.10. The molecule has 1 unspecified atom stereocenters. The molecular weight excluding hydrogens is 191 g/mol. The average Bonchev–Trinajstić information content (AvgIpc) is 2.30. The number of piperidine rings is 1. The summed E-state index contributed by atoms with van der Waals surface area (Å²) in [6, 6.07) is 5.29. The van der Waals surface area contributed by atoms with Gasteiger partial charge in [0.15, 0.2) is 0 Å². The van der Waals surface area contributed by atoms with E-state index in [2.05, 4.69) is 5.32 Å². The van der Waals surface area contributed by atoms with Crippen LogP contribution in [0.1, 0.15) is 36.4 Å². The van der Waals surface area contributed by atoms with Crippen LogP contribution in [0.3, 0.4) is 0 Å². The van der Waals surface area contributed by atoms with Crippen molar-refractivity contribution in [3.05, 3.63) is 35.1 Å². The number of benzene rings is 1. The van der Waals surface area contributed by atoms with Crippen molar-refractivity contribution in [3.63, 3.8) is 0 Å². The van der Waals surface area contributed by atoms with Crippen molar-refractivity contribution < 1.29 is 4.39 Å². The van der Waals surface area contributed by atoms with Gasteiger partial charge in [-0.25, -0.2) is 4.39 Å². The minimum Gasteiger partial charge on any atom is -0.326 e. The molecule has 0 saturated carbocycles. The summed E-state index contributed by atoms with van der Waals surface area (Å²) >= 11 is 0. The number of nitrogens with one attached hydrogen (secondary N) is 1. The van der Waals surface area contributed by atoms with Gasteiger partial charge in [-0.3, -0.25) is 0 Å². The SMILES string of the molecule is NCc1cc(F)ccc1C1CCCCN1. The van der Waals surface area contributed by atoms with E-state index < -0.39 is 0 Å². The topological polar surface area (TPSA) is 38.0 Å². The Balaban J connectivity index is 2.25. The molecule has 0 amide bonds. The van der Waals surface area contributed by atoms with E-state index in [1.807, 2.05) is 6.07 Å². The summed E-state index contributed by atoms with van der Waals surface area (Å²) in [7, 11) is 0. The van der Waals surface area contributed by atoms with E-state index in [1.54, 1.807) is 6.07 Å². The van der Waals surface area contributed by atoms with Crippen LogP contribution in [-0.4, -0.2) is 6.54 Å². The molecule has 2 rings (SSSR count). The molecule has 1 heterocycles. The van der Waals surface area contributed by atoms with E-state index >= 15 is 0 Å². The monoisotopic (exact) mass is 208 g/mol. The van der Waals surface area contributed by atoms with Gasteiger partial charge in [0.05, 0.1) is 0 Å². The Morgan fingerprint density at radius 1 is 1.40 bits per heavy atom. The largest absolute Gasteiger partial charge is 0.326 e. The summed E-state index contributed by atoms with van der Waals surface area (Å²) in [6.45, 7) is 1.46. The van der Waals surface area contributed by atoms with Crippen molar-refractivity contribution in [1.82, 2.24) is 5.32 Å². The highest BCUT2D eigenvalue weighted by molar-refractivity contribution is 5.30. The van der Waals surface area contributed by atoms with Gasteiger partial charge >= 0.3 is 0 Å². The molecule has 0 spiro atoms. The minimum absolute atomic E-state index is 0.199. The first-order valence-electron chi connectivity index (χ1n) is 5.53. The number of hydrogen-bond donors (Lipinski definition) is 2. The molecule has 0 bridgehead atoms. The number of rotatable bonds is 2. The molecule has 1 aromatic rings. The van der Waals surface area contributed by atoms with E-state index in [1.165, 1.54) is 24.5 Å². The maximum absolute atomic E-state index is 13.0. The third-order valence-electron chi connectivity index (χ3n) is 3.01. The van der Waals surface area contributed by atoms with Gasteiger partial charge in [0.2, 0.25) is 0 Å². The maximum Gasteiger partial charge on any atom is 0.123 e. The Morgan fingerprint density at radius 2 is 2.27 bits per heavy atom. The van der Waals surface area contributed by atoms with Gasteiger partial charge in [-0.05, 0) is 42.6 Å². The molecule has 1 atom stereocenters. The lowest BCUT2D eigenvalue weighted by Gasteiger charge is -2.25. The van der Waals surface area contributed by atoms with E-state index in [4.69, 9.17) is 5.73 Å². The molecule has 0 radical (unpaired) electrons. The molecule has 0 aromatic heterocycles. The van der Waals surface area contributed by atoms with E-state index in [-0.39, 0.29) is 5.82 Å². The number of nitrogens with two attached hydrogens (primary N) is 1. The Labute approximate surface area is 89.7 Å². The molecule has 1 aliphatic heterocycles. The highest BCUT2D eigenvalue weighted by Gasteiger charge is 2.17. The fourth-order valence-electron chi connectivity index (χ4n) is 2.21. The predicted molar refractivity (Wildman–Crippen MR) is 58.9 cm³/mol. The molecule has 0 aliphatic carbocycles. The van der Waals surface area contributed by atoms with E-state index in [0.717, 1.165) is 18.5 Å². The Morgan fingerprint density at radius 3 is 2.93 bits per heavy atom.